The van der Waals surface area contributed by atoms with Crippen LogP contribution in [0.2, 0.25) is 0 Å². The Hall–Kier alpha value is -4.46. The van der Waals surface area contributed by atoms with Gasteiger partial charge in [0.25, 0.3) is 11.5 Å². The molecule has 184 valence electrons. The molecule has 3 aromatic carbocycles. The van der Waals surface area contributed by atoms with Crippen LogP contribution in [0, 0.1) is 13.8 Å². The smallest absolute Gasteiger partial charge is 0.352 e. The number of amides is 1. The van der Waals surface area contributed by atoms with Gasteiger partial charge in [0.05, 0.1) is 25.4 Å². The maximum absolute atomic E-state index is 13.5. The predicted molar refractivity (Wildman–Crippen MR) is 138 cm³/mol. The van der Waals surface area contributed by atoms with Crippen LogP contribution in [0.1, 0.15) is 45.7 Å². The molecule has 0 aliphatic carbocycles. The summed E-state index contributed by atoms with van der Waals surface area (Å²) in [7, 11) is 1.54. The first-order valence-corrected chi connectivity index (χ1v) is 11.6. The van der Waals surface area contributed by atoms with Crippen molar-refractivity contribution in [3.8, 4) is 11.4 Å². The maximum atomic E-state index is 13.5. The summed E-state index contributed by atoms with van der Waals surface area (Å²) < 4.78 is 7.42. The highest BCUT2D eigenvalue weighted by molar-refractivity contribution is 5.92. The molecule has 0 fully saturated rings. The molecule has 1 heterocycles. The fourth-order valence-electron chi connectivity index (χ4n) is 4.08. The normalized spacial score (nSPS) is 11.7. The number of nitrogens with zero attached hydrogens (tertiary/aromatic N) is 3. The van der Waals surface area contributed by atoms with Crippen LogP contribution in [0.3, 0.4) is 0 Å². The van der Waals surface area contributed by atoms with Crippen molar-refractivity contribution >= 4 is 5.91 Å². The van der Waals surface area contributed by atoms with Crippen LogP contribution >= 0.6 is 0 Å². The zero-order chi connectivity index (χ0) is 25.8. The van der Waals surface area contributed by atoms with Crippen LogP contribution in [-0.4, -0.2) is 27.4 Å². The van der Waals surface area contributed by atoms with Crippen molar-refractivity contribution in [1.82, 2.24) is 19.7 Å². The molecule has 1 amide bonds. The van der Waals surface area contributed by atoms with Crippen LogP contribution < -0.4 is 21.3 Å². The molecule has 0 bridgehead atoms. The van der Waals surface area contributed by atoms with Gasteiger partial charge in [-0.2, -0.15) is 9.78 Å². The van der Waals surface area contributed by atoms with E-state index in [0.29, 0.717) is 17.0 Å². The Kier molecular flexibility index (Phi) is 7.15. The Morgan fingerprint density at radius 1 is 0.972 bits per heavy atom. The van der Waals surface area contributed by atoms with E-state index < -0.39 is 17.2 Å². The largest absolute Gasteiger partial charge is 0.497 e. The Labute approximate surface area is 208 Å². The third-order valence-electron chi connectivity index (χ3n) is 5.85. The Morgan fingerprint density at radius 2 is 1.67 bits per heavy atom. The van der Waals surface area contributed by atoms with Crippen molar-refractivity contribution < 1.29 is 9.53 Å². The average molecular weight is 485 g/mol. The molecule has 0 saturated heterocycles. The van der Waals surface area contributed by atoms with Gasteiger partial charge >= 0.3 is 5.69 Å². The van der Waals surface area contributed by atoms with Crippen LogP contribution in [0.15, 0.2) is 82.4 Å². The van der Waals surface area contributed by atoms with E-state index in [2.05, 4.69) is 10.4 Å². The molecule has 1 atom stereocenters. The van der Waals surface area contributed by atoms with Gasteiger partial charge in [0.15, 0.2) is 0 Å². The standard InChI is InChI=1S/C28H28N4O4/c1-18-13-19(2)15-23(14-18)32-28(35)31(17-21-9-8-12-24(16-21)36-4)27(34)25(30-32)26(33)29-20(3)22-10-6-5-7-11-22/h5-16,20H,17H2,1-4H3,(H,29,33). The van der Waals surface area contributed by atoms with Crippen molar-refractivity contribution in [2.24, 2.45) is 0 Å². The van der Waals surface area contributed by atoms with Crippen LogP contribution in [0.4, 0.5) is 0 Å². The topological polar surface area (TPSA) is 95.2 Å². The van der Waals surface area contributed by atoms with E-state index in [0.717, 1.165) is 25.9 Å². The van der Waals surface area contributed by atoms with E-state index in [1.54, 1.807) is 43.5 Å². The van der Waals surface area contributed by atoms with Crippen molar-refractivity contribution in [1.29, 1.82) is 0 Å². The van der Waals surface area contributed by atoms with Crippen molar-refractivity contribution in [3.63, 3.8) is 0 Å². The first kappa shape index (κ1) is 24.7. The van der Waals surface area contributed by atoms with E-state index in [-0.39, 0.29) is 18.3 Å². The third-order valence-corrected chi connectivity index (χ3v) is 5.85. The molecule has 36 heavy (non-hydrogen) atoms. The SMILES string of the molecule is COc1cccc(Cn2c(=O)c(C(=O)NC(C)c3ccccc3)nn(-c3cc(C)cc(C)c3)c2=O)c1. The van der Waals surface area contributed by atoms with Gasteiger partial charge in [-0.05, 0) is 67.3 Å². The molecule has 0 radical (unpaired) electrons. The maximum Gasteiger partial charge on any atom is 0.352 e. The Bertz CT molecular complexity index is 1500. The summed E-state index contributed by atoms with van der Waals surface area (Å²) in [6.45, 7) is 5.59. The van der Waals surface area contributed by atoms with E-state index >= 15 is 0 Å². The summed E-state index contributed by atoms with van der Waals surface area (Å²) in [6, 6.07) is 21.7. The van der Waals surface area contributed by atoms with Gasteiger partial charge in [0.2, 0.25) is 5.69 Å². The number of hydrogen-bond acceptors (Lipinski definition) is 5. The molecule has 1 aromatic heterocycles. The number of methoxy groups -OCH3 is 1. The minimum atomic E-state index is -0.763. The zero-order valence-electron chi connectivity index (χ0n) is 20.7. The van der Waals surface area contributed by atoms with Gasteiger partial charge in [0, 0.05) is 0 Å². The molecule has 0 saturated carbocycles. The highest BCUT2D eigenvalue weighted by Crippen LogP contribution is 2.15. The molecular formula is C28H28N4O4. The highest BCUT2D eigenvalue weighted by atomic mass is 16.5. The lowest BCUT2D eigenvalue weighted by Crippen LogP contribution is -2.46. The lowest BCUT2D eigenvalue weighted by atomic mass is 10.1. The second kappa shape index (κ2) is 10.4. The van der Waals surface area contributed by atoms with Gasteiger partial charge in [-0.3, -0.25) is 14.2 Å². The summed E-state index contributed by atoms with van der Waals surface area (Å²) in [5.74, 6) is -0.0623. The first-order chi connectivity index (χ1) is 17.3. The fraction of sp³-hybridized carbons (Fsp3) is 0.214. The van der Waals surface area contributed by atoms with E-state index in [1.807, 2.05) is 57.2 Å². The Balaban J connectivity index is 1.84. The molecule has 4 rings (SSSR count). The fourth-order valence-corrected chi connectivity index (χ4v) is 4.08. The summed E-state index contributed by atoms with van der Waals surface area (Å²) in [5, 5.41) is 7.07. The lowest BCUT2D eigenvalue weighted by Gasteiger charge is -2.16. The predicted octanol–water partition coefficient (Wildman–Crippen LogP) is 3.56. The van der Waals surface area contributed by atoms with Crippen LogP contribution in [0.5, 0.6) is 5.75 Å². The molecule has 0 spiro atoms. The molecule has 0 aliphatic rings. The number of aromatic nitrogens is 3. The van der Waals surface area contributed by atoms with Gasteiger partial charge in [-0.25, -0.2) is 4.79 Å². The minimum Gasteiger partial charge on any atom is -0.497 e. The third kappa shape index (κ3) is 5.27. The number of carbonyl (C=O) groups is 1. The molecule has 8 heteroatoms. The second-order valence-electron chi connectivity index (χ2n) is 8.74. The van der Waals surface area contributed by atoms with Crippen LogP contribution in [0.25, 0.3) is 5.69 Å². The number of aryl methyl sites for hydroxylation is 2. The number of nitrogens with one attached hydrogen (secondary N) is 1. The first-order valence-electron chi connectivity index (χ1n) is 11.6. The summed E-state index contributed by atoms with van der Waals surface area (Å²) >= 11 is 0. The van der Waals surface area contributed by atoms with Crippen molar-refractivity contribution in [2.45, 2.75) is 33.4 Å². The van der Waals surface area contributed by atoms with Gasteiger partial charge < -0.3 is 10.1 Å². The number of rotatable bonds is 7. The van der Waals surface area contributed by atoms with E-state index in [9.17, 15) is 14.4 Å². The molecular weight excluding hydrogens is 456 g/mol. The number of ether oxygens (including phenoxy) is 1. The average Bonchev–Trinajstić information content (AvgIpc) is 2.86. The molecule has 8 nitrogen and oxygen atoms in total. The monoisotopic (exact) mass is 484 g/mol. The highest BCUT2D eigenvalue weighted by Gasteiger charge is 2.22. The summed E-state index contributed by atoms with van der Waals surface area (Å²) in [4.78, 5) is 40.2. The van der Waals surface area contributed by atoms with Crippen LogP contribution in [-0.2, 0) is 6.54 Å². The molecule has 0 aliphatic heterocycles. The second-order valence-corrected chi connectivity index (χ2v) is 8.74. The van der Waals surface area contributed by atoms with E-state index in [4.69, 9.17) is 4.74 Å². The molecule has 1 unspecified atom stereocenters. The molecule has 1 N–H and O–H groups in total. The van der Waals surface area contributed by atoms with Gasteiger partial charge in [-0.1, -0.05) is 48.5 Å². The Morgan fingerprint density at radius 3 is 2.33 bits per heavy atom. The lowest BCUT2D eigenvalue weighted by molar-refractivity contribution is 0.0930. The zero-order valence-corrected chi connectivity index (χ0v) is 20.7. The van der Waals surface area contributed by atoms with Gasteiger partial charge in [0.1, 0.15) is 5.75 Å². The van der Waals surface area contributed by atoms with Crippen molar-refractivity contribution in [3.05, 3.63) is 122 Å². The molecule has 4 aromatic rings. The summed E-state index contributed by atoms with van der Waals surface area (Å²) in [6.07, 6.45) is 0. The van der Waals surface area contributed by atoms with E-state index in [1.165, 1.54) is 0 Å². The summed E-state index contributed by atoms with van der Waals surface area (Å²) in [5.41, 5.74) is 2.12. The number of hydrogen-bond donors (Lipinski definition) is 1. The minimum absolute atomic E-state index is 0.0449. The number of carbonyl (C=O) groups excluding carboxylic acids is 1. The quantitative estimate of drug-likeness (QED) is 0.433. The number of benzene rings is 3. The van der Waals surface area contributed by atoms with Gasteiger partial charge in [-0.15, -0.1) is 0 Å². The van der Waals surface area contributed by atoms with Crippen molar-refractivity contribution in [2.75, 3.05) is 7.11 Å².